The number of fused-ring (bicyclic) bond motifs is 1. The molecule has 2 aromatic carbocycles. The summed E-state index contributed by atoms with van der Waals surface area (Å²) < 4.78 is 66.3. The number of halogens is 1. The first-order chi connectivity index (χ1) is 17.5. The molecule has 11 nitrogen and oxygen atoms in total. The molecule has 15 heteroatoms. The molecule has 1 unspecified atom stereocenters. The van der Waals surface area contributed by atoms with Crippen molar-refractivity contribution >= 4 is 39.0 Å². The zero-order valence-electron chi connectivity index (χ0n) is 19.5. The Bertz CT molecular complexity index is 1410. The predicted molar refractivity (Wildman–Crippen MR) is 136 cm³/mol. The minimum absolute atomic E-state index is 0.234. The van der Waals surface area contributed by atoms with Crippen molar-refractivity contribution in [2.45, 2.75) is 22.8 Å². The smallest absolute Gasteiger partial charge is 0.347 e. The summed E-state index contributed by atoms with van der Waals surface area (Å²) in [5, 5.41) is 9.39. The van der Waals surface area contributed by atoms with Crippen LogP contribution in [0.4, 0.5) is 4.39 Å². The monoisotopic (exact) mass is 572 g/mol. The van der Waals surface area contributed by atoms with Gasteiger partial charge in [-0.25, -0.2) is 12.8 Å². The molecule has 1 aromatic heterocycles. The lowest BCUT2D eigenvalue weighted by Crippen LogP contribution is -2.28. The van der Waals surface area contributed by atoms with Crippen LogP contribution >= 0.6 is 18.9 Å². The topological polar surface area (TPSA) is 198 Å². The number of nitrogens with zero attached hydrogens (tertiary/aromatic N) is 1. The van der Waals surface area contributed by atoms with E-state index in [1.54, 1.807) is 18.2 Å². The second kappa shape index (κ2) is 12.3. The standard InChI is InChI=1S/C22H26FN4O7PS2/c23-17-9-14(3-4-15(17)13-26)22(35(28,29)30)27-37(31,32)21-11-16-10-18(33-7-1-5-24)19(12-20(16)36-21)34-8-2-6-25/h3-4,9-12,22,27H,1-2,5-8,24-25H2,(H2,28,29,30). The van der Waals surface area contributed by atoms with Crippen molar-refractivity contribution in [1.29, 1.82) is 5.26 Å². The molecule has 0 bridgehead atoms. The van der Waals surface area contributed by atoms with Crippen molar-refractivity contribution < 1.29 is 36.6 Å². The van der Waals surface area contributed by atoms with Crippen LogP contribution in [0.3, 0.4) is 0 Å². The Labute approximate surface area is 217 Å². The lowest BCUT2D eigenvalue weighted by atomic mass is 10.1. The summed E-state index contributed by atoms with van der Waals surface area (Å²) in [6, 6.07) is 8.95. The lowest BCUT2D eigenvalue weighted by molar-refractivity contribution is 0.266. The number of rotatable bonds is 13. The number of sulfonamides is 1. The highest BCUT2D eigenvalue weighted by Crippen LogP contribution is 2.51. The van der Waals surface area contributed by atoms with Crippen molar-refractivity contribution in [2.24, 2.45) is 11.5 Å². The number of ether oxygens (including phenoxy) is 2. The first-order valence-electron chi connectivity index (χ1n) is 11.0. The largest absolute Gasteiger partial charge is 0.490 e. The van der Waals surface area contributed by atoms with Crippen LogP contribution in [0.15, 0.2) is 40.6 Å². The van der Waals surface area contributed by atoms with Gasteiger partial charge in [-0.3, -0.25) is 4.57 Å². The third-order valence-electron chi connectivity index (χ3n) is 5.07. The van der Waals surface area contributed by atoms with Gasteiger partial charge in [-0.1, -0.05) is 6.07 Å². The highest BCUT2D eigenvalue weighted by molar-refractivity contribution is 7.92. The van der Waals surface area contributed by atoms with Crippen LogP contribution in [0, 0.1) is 17.1 Å². The molecule has 1 heterocycles. The maximum absolute atomic E-state index is 14.1. The molecule has 0 aliphatic heterocycles. The van der Waals surface area contributed by atoms with E-state index in [0.717, 1.165) is 23.5 Å². The average Bonchev–Trinajstić information content (AvgIpc) is 3.26. The Balaban J connectivity index is 1.98. The summed E-state index contributed by atoms with van der Waals surface area (Å²) in [4.78, 5) is 19.7. The maximum atomic E-state index is 14.1. The third kappa shape index (κ3) is 7.25. The van der Waals surface area contributed by atoms with Gasteiger partial charge in [0.05, 0.1) is 18.8 Å². The minimum Gasteiger partial charge on any atom is -0.490 e. The minimum atomic E-state index is -5.14. The fraction of sp³-hybridized carbons (Fsp3) is 0.318. The van der Waals surface area contributed by atoms with E-state index in [-0.39, 0.29) is 15.3 Å². The molecule has 3 aromatic rings. The Kier molecular flexibility index (Phi) is 9.63. The van der Waals surface area contributed by atoms with Crippen molar-refractivity contribution in [3.63, 3.8) is 0 Å². The maximum Gasteiger partial charge on any atom is 0.347 e. The molecule has 1 atom stereocenters. The van der Waals surface area contributed by atoms with E-state index in [1.807, 2.05) is 4.72 Å². The summed E-state index contributed by atoms with van der Waals surface area (Å²) in [6.45, 7) is 1.47. The van der Waals surface area contributed by atoms with E-state index < -0.39 is 29.2 Å². The van der Waals surface area contributed by atoms with Gasteiger partial charge in [-0.05, 0) is 61.1 Å². The zero-order chi connectivity index (χ0) is 27.2. The van der Waals surface area contributed by atoms with Gasteiger partial charge in [0.2, 0.25) is 0 Å². The number of nitriles is 1. The van der Waals surface area contributed by atoms with Crippen LogP contribution in [0.5, 0.6) is 11.5 Å². The average molecular weight is 573 g/mol. The van der Waals surface area contributed by atoms with E-state index in [0.29, 0.717) is 66.8 Å². The normalized spacial score (nSPS) is 12.9. The molecule has 0 fully saturated rings. The zero-order valence-corrected chi connectivity index (χ0v) is 22.0. The second-order valence-electron chi connectivity index (χ2n) is 7.85. The second-order valence-corrected chi connectivity index (χ2v) is 12.6. The quantitative estimate of drug-likeness (QED) is 0.150. The van der Waals surface area contributed by atoms with E-state index in [2.05, 4.69) is 0 Å². The highest BCUT2D eigenvalue weighted by Gasteiger charge is 2.36. The summed E-state index contributed by atoms with van der Waals surface area (Å²) in [5.41, 5.74) is 10.4. The Morgan fingerprint density at radius 1 is 1.08 bits per heavy atom. The molecule has 0 spiro atoms. The summed E-state index contributed by atoms with van der Waals surface area (Å²) in [7, 11) is -9.61. The van der Waals surface area contributed by atoms with Gasteiger partial charge in [0, 0.05) is 10.8 Å². The third-order valence-corrected chi connectivity index (χ3v) is 9.34. The molecule has 0 aliphatic carbocycles. The molecule has 7 N–H and O–H groups in total. The number of nitrogens with two attached hydrogens (primary N) is 2. The van der Waals surface area contributed by atoms with Crippen molar-refractivity contribution in [3.8, 4) is 17.6 Å². The number of benzene rings is 2. The van der Waals surface area contributed by atoms with Gasteiger partial charge in [0.15, 0.2) is 11.5 Å². The van der Waals surface area contributed by atoms with Gasteiger partial charge >= 0.3 is 7.60 Å². The molecular formula is C22H26FN4O7PS2. The Morgan fingerprint density at radius 3 is 2.24 bits per heavy atom. The lowest BCUT2D eigenvalue weighted by Gasteiger charge is -2.20. The number of thiophene rings is 1. The molecular weight excluding hydrogens is 546 g/mol. The summed E-state index contributed by atoms with van der Waals surface area (Å²) in [6.07, 6.45) is 1.18. The van der Waals surface area contributed by atoms with Crippen LogP contribution in [0.25, 0.3) is 10.1 Å². The number of hydrogen-bond acceptors (Lipinski definition) is 9. The summed E-state index contributed by atoms with van der Waals surface area (Å²) in [5.74, 6) is -2.34. The molecule has 37 heavy (non-hydrogen) atoms. The predicted octanol–water partition coefficient (Wildman–Crippen LogP) is 2.52. The Hall–Kier alpha value is -2.60. The molecule has 0 saturated carbocycles. The van der Waals surface area contributed by atoms with Crippen LogP contribution in [0.1, 0.15) is 29.8 Å². The summed E-state index contributed by atoms with van der Waals surface area (Å²) >= 11 is 0.851. The molecule has 0 amide bonds. The SMILES string of the molecule is N#Cc1ccc(C(NS(=O)(=O)c2cc3cc(OCCCN)c(OCCCN)cc3s2)P(=O)(O)O)cc1F. The molecule has 0 aliphatic rings. The fourth-order valence-corrected chi connectivity index (χ4v) is 7.24. The van der Waals surface area contributed by atoms with Gasteiger partial charge < -0.3 is 30.7 Å². The molecule has 200 valence electrons. The van der Waals surface area contributed by atoms with Gasteiger partial charge in [-0.15, -0.1) is 11.3 Å². The van der Waals surface area contributed by atoms with E-state index in [9.17, 15) is 27.2 Å². The van der Waals surface area contributed by atoms with Crippen LogP contribution in [-0.4, -0.2) is 44.5 Å². The van der Waals surface area contributed by atoms with E-state index in [1.165, 1.54) is 6.07 Å². The van der Waals surface area contributed by atoms with Gasteiger partial charge in [0.1, 0.15) is 21.9 Å². The van der Waals surface area contributed by atoms with Gasteiger partial charge in [0.25, 0.3) is 10.0 Å². The van der Waals surface area contributed by atoms with E-state index >= 15 is 0 Å². The van der Waals surface area contributed by atoms with Crippen molar-refractivity contribution in [3.05, 3.63) is 53.3 Å². The highest BCUT2D eigenvalue weighted by atomic mass is 32.2. The molecule has 0 radical (unpaired) electrons. The first-order valence-corrected chi connectivity index (χ1v) is 15.0. The van der Waals surface area contributed by atoms with Crippen LogP contribution < -0.4 is 25.7 Å². The fourth-order valence-electron chi connectivity index (χ4n) is 3.24. The van der Waals surface area contributed by atoms with E-state index in [4.69, 9.17) is 26.2 Å². The number of nitrogens with one attached hydrogen (secondary N) is 1. The van der Waals surface area contributed by atoms with Crippen LogP contribution in [0.2, 0.25) is 0 Å². The first kappa shape index (κ1) is 29.0. The van der Waals surface area contributed by atoms with Crippen molar-refractivity contribution in [2.75, 3.05) is 26.3 Å². The molecule has 3 rings (SSSR count). The number of hydrogen-bond donors (Lipinski definition) is 5. The Morgan fingerprint density at radius 2 is 1.70 bits per heavy atom. The van der Waals surface area contributed by atoms with Crippen molar-refractivity contribution in [1.82, 2.24) is 4.72 Å². The molecule has 0 saturated heterocycles. The van der Waals surface area contributed by atoms with Gasteiger partial charge in [-0.2, -0.15) is 9.98 Å². The van der Waals surface area contributed by atoms with Crippen LogP contribution in [-0.2, 0) is 14.6 Å².